The first-order chi connectivity index (χ1) is 10.4. The minimum atomic E-state index is -0.201. The van der Waals surface area contributed by atoms with E-state index in [0.717, 1.165) is 22.7 Å². The van der Waals surface area contributed by atoms with E-state index >= 15 is 0 Å². The molecule has 4 nitrogen and oxygen atoms in total. The third kappa shape index (κ3) is 4.56. The number of thiazole rings is 1. The van der Waals surface area contributed by atoms with Crippen LogP contribution in [0.1, 0.15) is 32.9 Å². The van der Waals surface area contributed by atoms with Crippen LogP contribution in [-0.4, -0.2) is 23.0 Å². The Kier molecular flexibility index (Phi) is 5.19. The zero-order valence-corrected chi connectivity index (χ0v) is 14.3. The lowest BCUT2D eigenvalue weighted by molar-refractivity contribution is -0.124. The molecule has 0 unspecified atom stereocenters. The van der Waals surface area contributed by atoms with Crippen LogP contribution in [0.15, 0.2) is 29.6 Å². The number of nitrogens with zero attached hydrogens (tertiary/aromatic N) is 1. The van der Waals surface area contributed by atoms with Crippen LogP contribution in [0.5, 0.6) is 5.75 Å². The summed E-state index contributed by atoms with van der Waals surface area (Å²) in [5.41, 5.74) is 1.88. The highest BCUT2D eigenvalue weighted by Crippen LogP contribution is 2.25. The second-order valence-corrected chi connectivity index (χ2v) is 6.75. The highest BCUT2D eigenvalue weighted by Gasteiger charge is 2.17. The summed E-state index contributed by atoms with van der Waals surface area (Å²) in [5.74, 6) is 0.577. The summed E-state index contributed by atoms with van der Waals surface area (Å²) in [5, 5.41) is 5.96. The molecule has 0 bridgehead atoms. The molecule has 1 amide bonds. The minimum absolute atomic E-state index is 0.0269. The lowest BCUT2D eigenvalue weighted by Gasteiger charge is -2.24. The molecule has 0 atom stereocenters. The van der Waals surface area contributed by atoms with Gasteiger partial charge >= 0.3 is 0 Å². The van der Waals surface area contributed by atoms with Gasteiger partial charge in [0.05, 0.1) is 0 Å². The van der Waals surface area contributed by atoms with Crippen LogP contribution in [-0.2, 0) is 4.79 Å². The van der Waals surface area contributed by atoms with Crippen LogP contribution in [0.3, 0.4) is 0 Å². The average molecular weight is 318 g/mol. The number of hydrogen-bond donors (Lipinski definition) is 1. The molecule has 1 aromatic heterocycles. The molecule has 0 saturated carbocycles. The molecule has 2 aromatic rings. The van der Waals surface area contributed by atoms with Crippen molar-refractivity contribution >= 4 is 17.2 Å². The zero-order chi connectivity index (χ0) is 16.2. The largest absolute Gasteiger partial charge is 0.484 e. The second kappa shape index (κ2) is 6.92. The summed E-state index contributed by atoms with van der Waals surface area (Å²) in [7, 11) is 0. The maximum Gasteiger partial charge on any atom is 0.258 e. The topological polar surface area (TPSA) is 51.2 Å². The molecule has 2 rings (SSSR count). The monoisotopic (exact) mass is 318 g/mol. The summed E-state index contributed by atoms with van der Waals surface area (Å²) in [6.45, 7) is 8.04. The standard InChI is InChI=1S/C17H22N2O2S/c1-5-17(3,4)19-15(20)10-21-14-8-6-13(7-9-14)16-18-12(2)11-22-16/h6-9,11H,5,10H2,1-4H3,(H,19,20). The first kappa shape index (κ1) is 16.5. The Balaban J connectivity index is 1.90. The summed E-state index contributed by atoms with van der Waals surface area (Å²) in [4.78, 5) is 16.3. The summed E-state index contributed by atoms with van der Waals surface area (Å²) in [6.07, 6.45) is 0.876. The molecule has 1 aromatic carbocycles. The molecule has 1 N–H and O–H groups in total. The Morgan fingerprint density at radius 2 is 2.00 bits per heavy atom. The predicted molar refractivity (Wildman–Crippen MR) is 90.3 cm³/mol. The van der Waals surface area contributed by atoms with Crippen molar-refractivity contribution in [2.45, 2.75) is 39.7 Å². The third-order valence-electron chi connectivity index (χ3n) is 3.45. The molecule has 0 saturated heterocycles. The average Bonchev–Trinajstić information content (AvgIpc) is 2.92. The molecule has 0 fully saturated rings. The molecule has 1 heterocycles. The fourth-order valence-electron chi connectivity index (χ4n) is 1.83. The van der Waals surface area contributed by atoms with Crippen molar-refractivity contribution in [2.75, 3.05) is 6.61 Å². The van der Waals surface area contributed by atoms with Gasteiger partial charge in [0, 0.05) is 22.2 Å². The number of aromatic nitrogens is 1. The number of hydrogen-bond acceptors (Lipinski definition) is 4. The first-order valence-electron chi connectivity index (χ1n) is 7.36. The zero-order valence-electron chi connectivity index (χ0n) is 13.5. The second-order valence-electron chi connectivity index (χ2n) is 5.89. The Morgan fingerprint density at radius 1 is 1.32 bits per heavy atom. The Morgan fingerprint density at radius 3 is 2.55 bits per heavy atom. The van der Waals surface area contributed by atoms with Gasteiger partial charge in [-0.15, -0.1) is 11.3 Å². The van der Waals surface area contributed by atoms with Crippen LogP contribution in [0.2, 0.25) is 0 Å². The predicted octanol–water partition coefficient (Wildman–Crippen LogP) is 3.80. The maximum atomic E-state index is 11.8. The van der Waals surface area contributed by atoms with Crippen LogP contribution in [0.4, 0.5) is 0 Å². The van der Waals surface area contributed by atoms with Crippen LogP contribution < -0.4 is 10.1 Å². The van der Waals surface area contributed by atoms with Gasteiger partial charge in [0.15, 0.2) is 6.61 Å². The van der Waals surface area contributed by atoms with Crippen molar-refractivity contribution < 1.29 is 9.53 Å². The highest BCUT2D eigenvalue weighted by atomic mass is 32.1. The van der Waals surface area contributed by atoms with Crippen molar-refractivity contribution in [2.24, 2.45) is 0 Å². The van der Waals surface area contributed by atoms with E-state index in [0.29, 0.717) is 5.75 Å². The number of benzene rings is 1. The van der Waals surface area contributed by atoms with Crippen molar-refractivity contribution in [3.8, 4) is 16.3 Å². The number of carbonyl (C=O) groups is 1. The molecule has 0 spiro atoms. The van der Waals surface area contributed by atoms with E-state index in [4.69, 9.17) is 4.74 Å². The first-order valence-corrected chi connectivity index (χ1v) is 8.24. The maximum absolute atomic E-state index is 11.8. The van der Waals surface area contributed by atoms with Gasteiger partial charge in [-0.05, 0) is 51.5 Å². The molecule has 5 heteroatoms. The Hall–Kier alpha value is -1.88. The molecule has 22 heavy (non-hydrogen) atoms. The number of aryl methyl sites for hydroxylation is 1. The van der Waals surface area contributed by atoms with E-state index in [1.54, 1.807) is 11.3 Å². The summed E-state index contributed by atoms with van der Waals surface area (Å²) >= 11 is 1.62. The van der Waals surface area contributed by atoms with Crippen molar-refractivity contribution in [1.82, 2.24) is 10.3 Å². The summed E-state index contributed by atoms with van der Waals surface area (Å²) in [6, 6.07) is 7.65. The normalized spacial score (nSPS) is 11.3. The fraction of sp³-hybridized carbons (Fsp3) is 0.412. The Bertz CT molecular complexity index is 632. The Labute approximate surface area is 135 Å². The van der Waals surface area contributed by atoms with Gasteiger partial charge in [0.25, 0.3) is 5.91 Å². The van der Waals surface area contributed by atoms with Gasteiger partial charge in [0.2, 0.25) is 0 Å². The van der Waals surface area contributed by atoms with Crippen LogP contribution in [0.25, 0.3) is 10.6 Å². The molecule has 118 valence electrons. The van der Waals surface area contributed by atoms with E-state index in [9.17, 15) is 4.79 Å². The summed E-state index contributed by atoms with van der Waals surface area (Å²) < 4.78 is 5.53. The van der Waals surface area contributed by atoms with Gasteiger partial charge in [-0.25, -0.2) is 4.98 Å². The number of rotatable bonds is 6. The molecular formula is C17H22N2O2S. The molecular weight excluding hydrogens is 296 g/mol. The van der Waals surface area contributed by atoms with Crippen LogP contribution >= 0.6 is 11.3 Å². The van der Waals surface area contributed by atoms with E-state index in [1.807, 2.05) is 57.3 Å². The smallest absolute Gasteiger partial charge is 0.258 e. The van der Waals surface area contributed by atoms with Crippen molar-refractivity contribution in [1.29, 1.82) is 0 Å². The van der Waals surface area contributed by atoms with E-state index in [2.05, 4.69) is 10.3 Å². The molecule has 0 aliphatic rings. The molecule has 0 aliphatic heterocycles. The van der Waals surface area contributed by atoms with E-state index < -0.39 is 0 Å². The SMILES string of the molecule is CCC(C)(C)NC(=O)COc1ccc(-c2nc(C)cs2)cc1. The molecule has 0 radical (unpaired) electrons. The van der Waals surface area contributed by atoms with Crippen molar-refractivity contribution in [3.05, 3.63) is 35.3 Å². The third-order valence-corrected chi connectivity index (χ3v) is 4.46. The number of nitrogens with one attached hydrogen (secondary N) is 1. The lowest BCUT2D eigenvalue weighted by atomic mass is 10.0. The van der Waals surface area contributed by atoms with E-state index in [1.165, 1.54) is 0 Å². The highest BCUT2D eigenvalue weighted by molar-refractivity contribution is 7.13. The fourth-order valence-corrected chi connectivity index (χ4v) is 2.63. The van der Waals surface area contributed by atoms with Gasteiger partial charge in [-0.3, -0.25) is 4.79 Å². The lowest BCUT2D eigenvalue weighted by Crippen LogP contribution is -2.44. The van der Waals surface area contributed by atoms with Gasteiger partial charge in [0.1, 0.15) is 10.8 Å². The van der Waals surface area contributed by atoms with Gasteiger partial charge in [-0.2, -0.15) is 0 Å². The van der Waals surface area contributed by atoms with Crippen LogP contribution in [0, 0.1) is 6.92 Å². The van der Waals surface area contributed by atoms with Gasteiger partial charge < -0.3 is 10.1 Å². The quantitative estimate of drug-likeness (QED) is 0.881. The minimum Gasteiger partial charge on any atom is -0.484 e. The van der Waals surface area contributed by atoms with Gasteiger partial charge in [-0.1, -0.05) is 6.92 Å². The van der Waals surface area contributed by atoms with Crippen molar-refractivity contribution in [3.63, 3.8) is 0 Å². The van der Waals surface area contributed by atoms with E-state index in [-0.39, 0.29) is 18.1 Å². The number of amides is 1. The number of ether oxygens (including phenoxy) is 1. The molecule has 0 aliphatic carbocycles. The number of carbonyl (C=O) groups excluding carboxylic acids is 1.